The Morgan fingerprint density at radius 1 is 1.06 bits per heavy atom. The Morgan fingerprint density at radius 3 is 1.88 bits per heavy atom. The molecule has 1 rings (SSSR count). The monoisotopic (exact) mass is 304 g/mol. The first kappa shape index (κ1) is 13.6. The molecule has 0 atom stereocenters. The lowest BCUT2D eigenvalue weighted by Crippen LogP contribution is -2.03. The van der Waals surface area contributed by atoms with E-state index in [0.717, 1.165) is 0 Å². The van der Waals surface area contributed by atoms with Gasteiger partial charge in [0.2, 0.25) is 5.75 Å². The third-order valence-corrected chi connectivity index (χ3v) is 2.98. The Bertz CT molecular complexity index is 456. The highest BCUT2D eigenvalue weighted by Crippen LogP contribution is 2.50. The molecule has 0 aliphatic carbocycles. The Morgan fingerprint density at radius 2 is 1.53 bits per heavy atom. The fourth-order valence-electron chi connectivity index (χ4n) is 1.53. The molecule has 0 saturated heterocycles. The van der Waals surface area contributed by atoms with Crippen LogP contribution in [0.2, 0.25) is 0 Å². The average molecular weight is 305 g/mol. The van der Waals surface area contributed by atoms with Crippen LogP contribution >= 0.6 is 15.9 Å². The summed E-state index contributed by atoms with van der Waals surface area (Å²) < 4.78 is 15.6. The largest absolute Gasteiger partial charge is 0.506 e. The molecule has 1 aromatic carbocycles. The number of ether oxygens (including phenoxy) is 3. The smallest absolute Gasteiger partial charge is 0.205 e. The van der Waals surface area contributed by atoms with E-state index in [1.807, 2.05) is 0 Å². The molecule has 6 heteroatoms. The molecular formula is C11H13BrO5. The van der Waals surface area contributed by atoms with Gasteiger partial charge in [-0.25, -0.2) is 0 Å². The van der Waals surface area contributed by atoms with E-state index in [9.17, 15) is 9.90 Å². The Labute approximate surface area is 107 Å². The van der Waals surface area contributed by atoms with E-state index in [-0.39, 0.29) is 38.8 Å². The van der Waals surface area contributed by atoms with Gasteiger partial charge in [0.25, 0.3) is 0 Å². The standard InChI is InChI=1S/C11H13BrO5/c1-5(13)6-8(14)7(12)10(16-3)11(17-4)9(6)15-2/h14H,1-4H3. The molecular weight excluding hydrogens is 292 g/mol. The van der Waals surface area contributed by atoms with E-state index in [2.05, 4.69) is 15.9 Å². The molecule has 0 radical (unpaired) electrons. The van der Waals surface area contributed by atoms with Crippen molar-refractivity contribution in [3.8, 4) is 23.0 Å². The molecule has 0 amide bonds. The van der Waals surface area contributed by atoms with Gasteiger partial charge in [0.05, 0.1) is 21.3 Å². The van der Waals surface area contributed by atoms with Gasteiger partial charge in [-0.05, 0) is 22.9 Å². The second-order valence-corrected chi connectivity index (χ2v) is 3.99. The van der Waals surface area contributed by atoms with Crippen LogP contribution in [0.25, 0.3) is 0 Å². The molecule has 94 valence electrons. The molecule has 17 heavy (non-hydrogen) atoms. The number of Topliss-reactive ketones (excluding diaryl/α,β-unsaturated/α-hetero) is 1. The number of phenols is 1. The summed E-state index contributed by atoms with van der Waals surface area (Å²) >= 11 is 3.15. The normalized spacial score (nSPS) is 9.94. The van der Waals surface area contributed by atoms with E-state index in [4.69, 9.17) is 14.2 Å². The SMILES string of the molecule is COc1c(Br)c(O)c(C(C)=O)c(OC)c1OC. The molecule has 0 heterocycles. The van der Waals surface area contributed by atoms with Gasteiger partial charge >= 0.3 is 0 Å². The third-order valence-electron chi connectivity index (χ3n) is 2.25. The highest BCUT2D eigenvalue weighted by atomic mass is 79.9. The van der Waals surface area contributed by atoms with Crippen LogP contribution in [0, 0.1) is 0 Å². The van der Waals surface area contributed by atoms with Crippen LogP contribution in [0.15, 0.2) is 4.47 Å². The maximum atomic E-state index is 11.5. The van der Waals surface area contributed by atoms with Gasteiger partial charge in [-0.2, -0.15) is 0 Å². The van der Waals surface area contributed by atoms with E-state index in [1.54, 1.807) is 0 Å². The zero-order valence-electron chi connectivity index (χ0n) is 9.96. The van der Waals surface area contributed by atoms with E-state index >= 15 is 0 Å². The highest BCUT2D eigenvalue weighted by molar-refractivity contribution is 9.10. The van der Waals surface area contributed by atoms with Crippen molar-refractivity contribution in [3.63, 3.8) is 0 Å². The van der Waals surface area contributed by atoms with Crippen LogP contribution in [-0.2, 0) is 0 Å². The molecule has 0 aromatic heterocycles. The fraction of sp³-hybridized carbons (Fsp3) is 0.364. The fourth-order valence-corrected chi connectivity index (χ4v) is 2.07. The summed E-state index contributed by atoms with van der Waals surface area (Å²) in [6, 6.07) is 0. The van der Waals surface area contributed by atoms with Crippen LogP contribution in [-0.4, -0.2) is 32.2 Å². The van der Waals surface area contributed by atoms with Crippen LogP contribution in [0.4, 0.5) is 0 Å². The lowest BCUT2D eigenvalue weighted by Gasteiger charge is -2.17. The number of methoxy groups -OCH3 is 3. The van der Waals surface area contributed by atoms with Crippen molar-refractivity contribution < 1.29 is 24.1 Å². The van der Waals surface area contributed by atoms with Crippen molar-refractivity contribution in [2.45, 2.75) is 6.92 Å². The molecule has 0 unspecified atom stereocenters. The van der Waals surface area contributed by atoms with Crippen molar-refractivity contribution in [2.24, 2.45) is 0 Å². The van der Waals surface area contributed by atoms with Crippen LogP contribution in [0.1, 0.15) is 17.3 Å². The van der Waals surface area contributed by atoms with Crippen molar-refractivity contribution >= 4 is 21.7 Å². The molecule has 0 bridgehead atoms. The van der Waals surface area contributed by atoms with Gasteiger partial charge in [0.15, 0.2) is 17.3 Å². The minimum atomic E-state index is -0.332. The van der Waals surface area contributed by atoms with Gasteiger partial charge in [0.1, 0.15) is 15.8 Å². The van der Waals surface area contributed by atoms with E-state index in [1.165, 1.54) is 28.3 Å². The zero-order valence-corrected chi connectivity index (χ0v) is 11.5. The zero-order chi connectivity index (χ0) is 13.2. The molecule has 0 fully saturated rings. The maximum absolute atomic E-state index is 11.5. The Hall–Kier alpha value is -1.43. The Kier molecular flexibility index (Phi) is 4.22. The number of ketones is 1. The van der Waals surface area contributed by atoms with Crippen LogP contribution < -0.4 is 14.2 Å². The number of benzene rings is 1. The number of halogens is 1. The quantitative estimate of drug-likeness (QED) is 0.865. The van der Waals surface area contributed by atoms with Crippen LogP contribution in [0.5, 0.6) is 23.0 Å². The van der Waals surface area contributed by atoms with Crippen LogP contribution in [0.3, 0.4) is 0 Å². The Balaban J connectivity index is 3.74. The summed E-state index contributed by atoms with van der Waals surface area (Å²) in [5.74, 6) is 0.113. The number of carbonyl (C=O) groups excluding carboxylic acids is 1. The molecule has 5 nitrogen and oxygen atoms in total. The molecule has 1 aromatic rings. The number of carbonyl (C=O) groups is 1. The first-order valence-electron chi connectivity index (χ1n) is 4.70. The molecule has 0 aliphatic heterocycles. The highest BCUT2D eigenvalue weighted by Gasteiger charge is 2.27. The first-order valence-corrected chi connectivity index (χ1v) is 5.50. The first-order chi connectivity index (χ1) is 7.99. The minimum absolute atomic E-state index is 0.0528. The number of phenolic OH excluding ortho intramolecular Hbond substituents is 1. The summed E-state index contributed by atoms with van der Waals surface area (Å²) in [5, 5.41) is 9.93. The summed E-state index contributed by atoms with van der Waals surface area (Å²) in [7, 11) is 4.24. The predicted octanol–water partition coefficient (Wildman–Crippen LogP) is 2.38. The second kappa shape index (κ2) is 5.27. The molecule has 0 aliphatic rings. The molecule has 0 saturated carbocycles. The number of aromatic hydroxyl groups is 1. The summed E-state index contributed by atoms with van der Waals surface area (Å²) in [4.78, 5) is 11.5. The lowest BCUT2D eigenvalue weighted by atomic mass is 10.1. The molecule has 1 N–H and O–H groups in total. The number of hydrogen-bond donors (Lipinski definition) is 1. The topological polar surface area (TPSA) is 65.0 Å². The van der Waals surface area contributed by atoms with Crippen molar-refractivity contribution in [1.29, 1.82) is 0 Å². The van der Waals surface area contributed by atoms with E-state index in [0.29, 0.717) is 0 Å². The summed E-state index contributed by atoms with van der Waals surface area (Å²) in [5.41, 5.74) is 0.0528. The van der Waals surface area contributed by atoms with Gasteiger partial charge in [-0.15, -0.1) is 0 Å². The van der Waals surface area contributed by atoms with Gasteiger partial charge in [-0.1, -0.05) is 0 Å². The maximum Gasteiger partial charge on any atom is 0.205 e. The van der Waals surface area contributed by atoms with Gasteiger partial charge in [-0.3, -0.25) is 4.79 Å². The summed E-state index contributed by atoms with van der Waals surface area (Å²) in [6.45, 7) is 1.33. The van der Waals surface area contributed by atoms with Crippen molar-refractivity contribution in [1.82, 2.24) is 0 Å². The molecule has 0 spiro atoms. The second-order valence-electron chi connectivity index (χ2n) is 3.19. The lowest BCUT2D eigenvalue weighted by molar-refractivity contribution is 0.101. The van der Waals surface area contributed by atoms with Gasteiger partial charge in [0, 0.05) is 0 Å². The third kappa shape index (κ3) is 2.17. The predicted molar refractivity (Wildman–Crippen MR) is 65.5 cm³/mol. The summed E-state index contributed by atoms with van der Waals surface area (Å²) in [6.07, 6.45) is 0. The van der Waals surface area contributed by atoms with Crippen molar-refractivity contribution in [3.05, 3.63) is 10.0 Å². The van der Waals surface area contributed by atoms with Crippen molar-refractivity contribution in [2.75, 3.05) is 21.3 Å². The number of rotatable bonds is 4. The number of hydrogen-bond acceptors (Lipinski definition) is 5. The van der Waals surface area contributed by atoms with Gasteiger partial charge < -0.3 is 19.3 Å². The minimum Gasteiger partial charge on any atom is -0.506 e. The average Bonchev–Trinajstić information content (AvgIpc) is 2.30. The van der Waals surface area contributed by atoms with E-state index < -0.39 is 0 Å².